The Morgan fingerprint density at radius 3 is 2.72 bits per heavy atom. The average Bonchev–Trinajstić information content (AvgIpc) is 2.28. The molecule has 1 atom stereocenters. The molecular weight excluding hydrogens is 314 g/mol. The number of rotatable bonds is 6. The minimum Gasteiger partial charge on any atom is -0.353 e. The number of amides is 1. The molecule has 1 unspecified atom stereocenters. The Kier molecular flexibility index (Phi) is 6.72. The molecule has 0 spiro atoms. The third-order valence-electron chi connectivity index (χ3n) is 2.82. The molecule has 100 valence electrons. The minimum absolute atomic E-state index is 0.0527. The molecule has 0 aliphatic rings. The molecule has 0 bridgehead atoms. The standard InChI is InChI=1S/C14H19BrClNO/c1-10(2)13(6-7-15)17-14(18)9-11-4-3-5-12(16)8-11/h3-5,8,10,13H,6-7,9H2,1-2H3,(H,17,18). The molecule has 1 rings (SSSR count). The van der Waals surface area contributed by atoms with Gasteiger partial charge in [0.2, 0.25) is 5.91 Å². The van der Waals surface area contributed by atoms with E-state index in [4.69, 9.17) is 11.6 Å². The van der Waals surface area contributed by atoms with Gasteiger partial charge < -0.3 is 5.32 Å². The van der Waals surface area contributed by atoms with Crippen LogP contribution in [0.25, 0.3) is 0 Å². The number of hydrogen-bond acceptors (Lipinski definition) is 1. The first kappa shape index (κ1) is 15.5. The van der Waals surface area contributed by atoms with Crippen molar-refractivity contribution >= 4 is 33.4 Å². The van der Waals surface area contributed by atoms with Crippen LogP contribution in [0.15, 0.2) is 24.3 Å². The molecule has 2 nitrogen and oxygen atoms in total. The van der Waals surface area contributed by atoms with Gasteiger partial charge in [0.1, 0.15) is 0 Å². The van der Waals surface area contributed by atoms with Crippen molar-refractivity contribution in [2.75, 3.05) is 5.33 Å². The number of carbonyl (C=O) groups is 1. The first-order valence-electron chi connectivity index (χ1n) is 6.12. The third kappa shape index (κ3) is 5.40. The average molecular weight is 333 g/mol. The van der Waals surface area contributed by atoms with Gasteiger partial charge in [0, 0.05) is 16.4 Å². The SMILES string of the molecule is CC(C)C(CCBr)NC(=O)Cc1cccc(Cl)c1. The van der Waals surface area contributed by atoms with Crippen LogP contribution < -0.4 is 5.32 Å². The van der Waals surface area contributed by atoms with Crippen molar-refractivity contribution in [2.45, 2.75) is 32.7 Å². The Balaban J connectivity index is 2.55. The molecule has 0 aliphatic heterocycles. The van der Waals surface area contributed by atoms with E-state index in [1.165, 1.54) is 0 Å². The highest BCUT2D eigenvalue weighted by Crippen LogP contribution is 2.12. The molecule has 18 heavy (non-hydrogen) atoms. The molecule has 1 aromatic rings. The Morgan fingerprint density at radius 2 is 2.17 bits per heavy atom. The van der Waals surface area contributed by atoms with E-state index in [0.717, 1.165) is 17.3 Å². The monoisotopic (exact) mass is 331 g/mol. The molecule has 0 heterocycles. The Labute approximate surface area is 122 Å². The maximum absolute atomic E-state index is 11.9. The number of alkyl halides is 1. The third-order valence-corrected chi connectivity index (χ3v) is 3.52. The van der Waals surface area contributed by atoms with Gasteiger partial charge in [0.05, 0.1) is 6.42 Å². The van der Waals surface area contributed by atoms with Crippen molar-refractivity contribution in [1.29, 1.82) is 0 Å². The molecule has 0 saturated heterocycles. The Hall–Kier alpha value is -0.540. The van der Waals surface area contributed by atoms with Gasteiger partial charge in [0.25, 0.3) is 0 Å². The van der Waals surface area contributed by atoms with Crippen molar-refractivity contribution in [1.82, 2.24) is 5.32 Å². The van der Waals surface area contributed by atoms with E-state index >= 15 is 0 Å². The second-order valence-electron chi connectivity index (χ2n) is 4.70. The fraction of sp³-hybridized carbons (Fsp3) is 0.500. The molecule has 1 aromatic carbocycles. The minimum atomic E-state index is 0.0527. The summed E-state index contributed by atoms with van der Waals surface area (Å²) in [7, 11) is 0. The summed E-state index contributed by atoms with van der Waals surface area (Å²) >= 11 is 9.31. The van der Waals surface area contributed by atoms with E-state index in [9.17, 15) is 4.79 Å². The smallest absolute Gasteiger partial charge is 0.224 e. The van der Waals surface area contributed by atoms with Crippen LogP contribution >= 0.6 is 27.5 Å². The first-order valence-corrected chi connectivity index (χ1v) is 7.62. The summed E-state index contributed by atoms with van der Waals surface area (Å²) in [6, 6.07) is 7.64. The van der Waals surface area contributed by atoms with E-state index < -0.39 is 0 Å². The summed E-state index contributed by atoms with van der Waals surface area (Å²) in [4.78, 5) is 11.9. The zero-order valence-corrected chi connectivity index (χ0v) is 13.1. The van der Waals surface area contributed by atoms with Gasteiger partial charge in [-0.25, -0.2) is 0 Å². The number of carbonyl (C=O) groups excluding carboxylic acids is 1. The van der Waals surface area contributed by atoms with Crippen LogP contribution in [-0.4, -0.2) is 17.3 Å². The van der Waals surface area contributed by atoms with Crippen molar-refractivity contribution in [3.8, 4) is 0 Å². The van der Waals surface area contributed by atoms with Gasteiger partial charge in [-0.2, -0.15) is 0 Å². The lowest BCUT2D eigenvalue weighted by atomic mass is 10.0. The van der Waals surface area contributed by atoms with Gasteiger partial charge in [-0.05, 0) is 30.0 Å². The number of nitrogens with one attached hydrogen (secondary N) is 1. The van der Waals surface area contributed by atoms with Crippen molar-refractivity contribution < 1.29 is 4.79 Å². The van der Waals surface area contributed by atoms with E-state index in [2.05, 4.69) is 35.1 Å². The lowest BCUT2D eigenvalue weighted by molar-refractivity contribution is -0.121. The number of halogens is 2. The summed E-state index contributed by atoms with van der Waals surface area (Å²) in [5.74, 6) is 0.489. The molecule has 0 fully saturated rings. The van der Waals surface area contributed by atoms with Gasteiger partial charge in [-0.15, -0.1) is 0 Å². The molecule has 1 N–H and O–H groups in total. The van der Waals surface area contributed by atoms with E-state index in [1.54, 1.807) is 0 Å². The maximum Gasteiger partial charge on any atom is 0.224 e. The predicted octanol–water partition coefficient (Wildman–Crippen LogP) is 3.81. The second kappa shape index (κ2) is 7.80. The summed E-state index contributed by atoms with van der Waals surface area (Å²) in [6.45, 7) is 4.24. The second-order valence-corrected chi connectivity index (χ2v) is 5.93. The fourth-order valence-electron chi connectivity index (χ4n) is 1.78. The molecule has 0 aliphatic carbocycles. The molecule has 0 saturated carbocycles. The maximum atomic E-state index is 11.9. The quantitative estimate of drug-likeness (QED) is 0.789. The number of hydrogen-bond donors (Lipinski definition) is 1. The Morgan fingerprint density at radius 1 is 1.44 bits per heavy atom. The molecular formula is C14H19BrClNO. The highest BCUT2D eigenvalue weighted by molar-refractivity contribution is 9.09. The highest BCUT2D eigenvalue weighted by atomic mass is 79.9. The topological polar surface area (TPSA) is 29.1 Å². The van der Waals surface area contributed by atoms with Crippen LogP contribution in [0.2, 0.25) is 5.02 Å². The van der Waals surface area contributed by atoms with Crippen LogP contribution in [0.5, 0.6) is 0 Å². The van der Waals surface area contributed by atoms with Crippen LogP contribution in [0, 0.1) is 5.92 Å². The van der Waals surface area contributed by atoms with Crippen LogP contribution in [0.3, 0.4) is 0 Å². The van der Waals surface area contributed by atoms with Crippen LogP contribution in [0.4, 0.5) is 0 Å². The van der Waals surface area contributed by atoms with E-state index in [0.29, 0.717) is 17.4 Å². The zero-order chi connectivity index (χ0) is 13.5. The van der Waals surface area contributed by atoms with Gasteiger partial charge >= 0.3 is 0 Å². The highest BCUT2D eigenvalue weighted by Gasteiger charge is 2.15. The predicted molar refractivity (Wildman–Crippen MR) is 80.3 cm³/mol. The van der Waals surface area contributed by atoms with Crippen molar-refractivity contribution in [3.05, 3.63) is 34.9 Å². The molecule has 0 radical (unpaired) electrons. The molecule has 0 aromatic heterocycles. The first-order chi connectivity index (χ1) is 8.52. The summed E-state index contributed by atoms with van der Waals surface area (Å²) in [6.07, 6.45) is 1.32. The normalized spacial score (nSPS) is 12.5. The van der Waals surface area contributed by atoms with E-state index in [-0.39, 0.29) is 11.9 Å². The van der Waals surface area contributed by atoms with Crippen molar-refractivity contribution in [2.24, 2.45) is 5.92 Å². The largest absolute Gasteiger partial charge is 0.353 e. The lowest BCUT2D eigenvalue weighted by Crippen LogP contribution is -2.39. The molecule has 4 heteroatoms. The summed E-state index contributed by atoms with van der Waals surface area (Å²) in [5.41, 5.74) is 0.946. The lowest BCUT2D eigenvalue weighted by Gasteiger charge is -2.21. The fourth-order valence-corrected chi connectivity index (χ4v) is 2.49. The van der Waals surface area contributed by atoms with Crippen LogP contribution in [0.1, 0.15) is 25.8 Å². The molecule has 1 amide bonds. The van der Waals surface area contributed by atoms with E-state index in [1.807, 2.05) is 24.3 Å². The van der Waals surface area contributed by atoms with Gasteiger partial charge in [-0.1, -0.05) is 53.5 Å². The van der Waals surface area contributed by atoms with Crippen molar-refractivity contribution in [3.63, 3.8) is 0 Å². The van der Waals surface area contributed by atoms with Crippen LogP contribution in [-0.2, 0) is 11.2 Å². The van der Waals surface area contributed by atoms with Gasteiger partial charge in [0.15, 0.2) is 0 Å². The number of benzene rings is 1. The zero-order valence-electron chi connectivity index (χ0n) is 10.7. The summed E-state index contributed by atoms with van der Waals surface area (Å²) in [5, 5.41) is 4.64. The van der Waals surface area contributed by atoms with Gasteiger partial charge in [-0.3, -0.25) is 4.79 Å². The Bertz CT molecular complexity index is 395. The summed E-state index contributed by atoms with van der Waals surface area (Å²) < 4.78 is 0.